The maximum atomic E-state index is 9.18. The molecule has 5 fully saturated rings. The number of fused-ring (bicyclic) bond motifs is 5. The number of epoxide rings is 3. The van der Waals surface area contributed by atoms with Crippen LogP contribution in [-0.2, 0) is 33.7 Å². The van der Waals surface area contributed by atoms with E-state index in [0.717, 1.165) is 37.6 Å². The van der Waals surface area contributed by atoms with Crippen molar-refractivity contribution in [2.24, 2.45) is 0 Å². The molecule has 9 rings (SSSR count). The molecule has 5 heterocycles. The minimum Gasteiger partial charge on any atom is -0.497 e. The Hall–Kier alpha value is -3.62. The number of hydrogen-bond donors (Lipinski definition) is 2. The molecule has 8 atom stereocenters. The molecule has 11 heteroatoms. The summed E-state index contributed by atoms with van der Waals surface area (Å²) >= 11 is 0. The van der Waals surface area contributed by atoms with Crippen LogP contribution in [0.15, 0.2) is 91.0 Å². The number of methoxy groups -OCH3 is 1. The highest BCUT2D eigenvalue weighted by atomic mass is 16.6. The van der Waals surface area contributed by atoms with E-state index in [-0.39, 0.29) is 62.5 Å². The van der Waals surface area contributed by atoms with Gasteiger partial charge in [-0.3, -0.25) is 15.1 Å². The molecule has 0 bridgehead atoms. The van der Waals surface area contributed by atoms with Crippen molar-refractivity contribution >= 4 is 10.8 Å². The fourth-order valence-corrected chi connectivity index (χ4v) is 8.07. The van der Waals surface area contributed by atoms with Crippen molar-refractivity contribution in [2.45, 2.75) is 68.8 Å². The monoisotopic (exact) mass is 679 g/mol. The van der Waals surface area contributed by atoms with Gasteiger partial charge in [0.25, 0.3) is 0 Å². The summed E-state index contributed by atoms with van der Waals surface area (Å²) in [4.78, 5) is 5.13. The van der Waals surface area contributed by atoms with Crippen LogP contribution in [0.3, 0.4) is 0 Å². The Labute approximate surface area is 292 Å². The van der Waals surface area contributed by atoms with E-state index in [1.54, 1.807) is 7.11 Å². The Morgan fingerprint density at radius 1 is 0.860 bits per heavy atom. The maximum absolute atomic E-state index is 9.18. The fraction of sp³-hybridized carbons (Fsp3) is 0.436. The van der Waals surface area contributed by atoms with E-state index in [2.05, 4.69) is 98.9 Å². The average Bonchev–Trinajstić information content (AvgIpc) is 4.04. The molecule has 0 aliphatic carbocycles. The standard InChI is InChI=1S/C39H45N5O6/c1-41(39-36(50-39)40-21-26-12-14-29(46-2)15-13-26)43-23-33-37(48-33)44-32(20-25-10-16-30(17-11-25)47-19-18-45)35-38(49-35)42(24-34(43)44)22-28-8-5-7-27-6-3-4-9-31(27)28/h3-17,32-40,45H,18-24H2,1-2H3/t32-,33?,34+,35?,36?,37?,38?,39?/m0/s1. The van der Waals surface area contributed by atoms with Crippen molar-refractivity contribution in [2.75, 3.05) is 40.5 Å². The van der Waals surface area contributed by atoms with Crippen LogP contribution >= 0.6 is 0 Å². The molecule has 0 radical (unpaired) electrons. The quantitative estimate of drug-likeness (QED) is 0.204. The first-order valence-electron chi connectivity index (χ1n) is 17.7. The number of benzene rings is 4. The van der Waals surface area contributed by atoms with Crippen molar-refractivity contribution in [1.82, 2.24) is 25.1 Å². The molecular weight excluding hydrogens is 634 g/mol. The van der Waals surface area contributed by atoms with Gasteiger partial charge in [-0.25, -0.2) is 10.0 Å². The Balaban J connectivity index is 0.971. The summed E-state index contributed by atoms with van der Waals surface area (Å²) in [6.07, 6.45) is 1.05. The number of hydrazine groups is 1. The van der Waals surface area contributed by atoms with E-state index >= 15 is 0 Å². The number of aliphatic hydroxyl groups is 1. The first-order valence-corrected chi connectivity index (χ1v) is 17.7. The highest BCUT2D eigenvalue weighted by Gasteiger charge is 2.64. The van der Waals surface area contributed by atoms with Gasteiger partial charge < -0.3 is 28.8 Å². The molecule has 5 aliphatic heterocycles. The van der Waals surface area contributed by atoms with Gasteiger partial charge in [0.1, 0.15) is 42.8 Å². The summed E-state index contributed by atoms with van der Waals surface area (Å²) in [6.45, 7) is 3.42. The Kier molecular flexibility index (Phi) is 8.72. The number of rotatable bonds is 13. The van der Waals surface area contributed by atoms with E-state index in [1.165, 1.54) is 27.5 Å². The largest absolute Gasteiger partial charge is 0.497 e. The van der Waals surface area contributed by atoms with Gasteiger partial charge in [-0.15, -0.1) is 0 Å². The van der Waals surface area contributed by atoms with Gasteiger partial charge in [0.2, 0.25) is 0 Å². The number of hydrogen-bond acceptors (Lipinski definition) is 11. The molecule has 4 aromatic rings. The first-order chi connectivity index (χ1) is 24.6. The zero-order valence-electron chi connectivity index (χ0n) is 28.5. The average molecular weight is 680 g/mol. The van der Waals surface area contributed by atoms with Gasteiger partial charge in [0, 0.05) is 39.3 Å². The third kappa shape index (κ3) is 6.38. The predicted octanol–water partition coefficient (Wildman–Crippen LogP) is 3.36. The lowest BCUT2D eigenvalue weighted by molar-refractivity contribution is -0.158. The smallest absolute Gasteiger partial charge is 0.165 e. The zero-order valence-corrected chi connectivity index (χ0v) is 28.5. The third-order valence-electron chi connectivity index (χ3n) is 10.8. The lowest BCUT2D eigenvalue weighted by atomic mass is 10.00. The molecule has 5 aliphatic rings. The zero-order chi connectivity index (χ0) is 33.8. The van der Waals surface area contributed by atoms with Crippen LogP contribution in [-0.4, -0.2) is 115 Å². The molecule has 262 valence electrons. The molecule has 4 aromatic carbocycles. The molecule has 11 nitrogen and oxygen atoms in total. The molecule has 0 saturated carbocycles. The fourth-order valence-electron chi connectivity index (χ4n) is 8.07. The molecule has 50 heavy (non-hydrogen) atoms. The normalized spacial score (nSPS) is 30.3. The lowest BCUT2D eigenvalue weighted by Gasteiger charge is -2.48. The van der Waals surface area contributed by atoms with Gasteiger partial charge in [0.05, 0.1) is 19.9 Å². The SMILES string of the molecule is COc1ccc(CNC2OC2N(C)N2CC3OC3N3[C@@H](Cc4ccc(OCCO)cc4)C4OC4N(Cc4cccc5ccccc45)C[C@@H]32)cc1. The van der Waals surface area contributed by atoms with Gasteiger partial charge in [-0.05, 0) is 58.1 Å². The van der Waals surface area contributed by atoms with Crippen LogP contribution in [0.5, 0.6) is 11.5 Å². The van der Waals surface area contributed by atoms with Gasteiger partial charge >= 0.3 is 0 Å². The number of likely N-dealkylation sites (N-methyl/N-ethyl adjacent to an activating group) is 1. The second-order valence-electron chi connectivity index (χ2n) is 13.9. The van der Waals surface area contributed by atoms with E-state index in [4.69, 9.17) is 23.7 Å². The Morgan fingerprint density at radius 3 is 2.46 bits per heavy atom. The van der Waals surface area contributed by atoms with Crippen LogP contribution in [0.4, 0.5) is 0 Å². The molecule has 0 amide bonds. The van der Waals surface area contributed by atoms with Crippen LogP contribution in [0, 0.1) is 0 Å². The van der Waals surface area contributed by atoms with Gasteiger partial charge in [0.15, 0.2) is 12.5 Å². The van der Waals surface area contributed by atoms with Gasteiger partial charge in [-0.2, -0.15) is 0 Å². The Bertz CT molecular complexity index is 1790. The molecular formula is C39H45N5O6. The number of ether oxygens (including phenoxy) is 5. The number of nitrogens with one attached hydrogen (secondary N) is 1. The summed E-state index contributed by atoms with van der Waals surface area (Å²) in [7, 11) is 3.84. The van der Waals surface area contributed by atoms with Crippen LogP contribution in [0.2, 0.25) is 0 Å². The molecule has 0 aromatic heterocycles. The van der Waals surface area contributed by atoms with E-state index in [9.17, 15) is 5.11 Å². The van der Waals surface area contributed by atoms with Gasteiger partial charge in [-0.1, -0.05) is 66.7 Å². The van der Waals surface area contributed by atoms with E-state index in [1.807, 2.05) is 24.3 Å². The maximum Gasteiger partial charge on any atom is 0.165 e. The molecule has 5 saturated heterocycles. The van der Waals surface area contributed by atoms with Crippen molar-refractivity contribution in [3.8, 4) is 11.5 Å². The van der Waals surface area contributed by atoms with E-state index in [0.29, 0.717) is 6.54 Å². The molecule has 0 spiro atoms. The van der Waals surface area contributed by atoms with Crippen molar-refractivity contribution in [3.05, 3.63) is 108 Å². The second-order valence-corrected chi connectivity index (χ2v) is 13.9. The minimum absolute atomic E-state index is 0.00522. The number of nitrogens with zero attached hydrogens (tertiary/aromatic N) is 4. The molecule has 6 unspecified atom stereocenters. The van der Waals surface area contributed by atoms with Crippen molar-refractivity contribution in [3.63, 3.8) is 0 Å². The van der Waals surface area contributed by atoms with Crippen molar-refractivity contribution < 1.29 is 28.8 Å². The van der Waals surface area contributed by atoms with Crippen LogP contribution in [0.25, 0.3) is 10.8 Å². The summed E-state index contributed by atoms with van der Waals surface area (Å²) in [5.41, 5.74) is 3.72. The number of aliphatic hydroxyl groups excluding tert-OH is 1. The summed E-state index contributed by atoms with van der Waals surface area (Å²) in [5, 5.41) is 20.1. The first kappa shape index (κ1) is 32.3. The molecule has 2 N–H and O–H groups in total. The van der Waals surface area contributed by atoms with Crippen molar-refractivity contribution in [1.29, 1.82) is 0 Å². The summed E-state index contributed by atoms with van der Waals surface area (Å²) in [5.74, 6) is 1.62. The minimum atomic E-state index is -0.0733. The van der Waals surface area contributed by atoms with Crippen LogP contribution < -0.4 is 14.8 Å². The second kappa shape index (κ2) is 13.5. The lowest BCUT2D eigenvalue weighted by Crippen LogP contribution is -2.66. The summed E-state index contributed by atoms with van der Waals surface area (Å²) in [6, 6.07) is 31.8. The topological polar surface area (TPSA) is 101 Å². The summed E-state index contributed by atoms with van der Waals surface area (Å²) < 4.78 is 30.2. The predicted molar refractivity (Wildman–Crippen MR) is 187 cm³/mol. The third-order valence-corrected chi connectivity index (χ3v) is 10.8. The van der Waals surface area contributed by atoms with E-state index < -0.39 is 0 Å². The Morgan fingerprint density at radius 2 is 1.64 bits per heavy atom. The highest BCUT2D eigenvalue weighted by molar-refractivity contribution is 5.85. The van der Waals surface area contributed by atoms with Crippen LogP contribution in [0.1, 0.15) is 16.7 Å². The highest BCUT2D eigenvalue weighted by Crippen LogP contribution is 2.47.